The van der Waals surface area contributed by atoms with Crippen molar-refractivity contribution < 1.29 is 48.0 Å². The second-order valence-corrected chi connectivity index (χ2v) is 17.2. The number of aromatic nitrogens is 1. The summed E-state index contributed by atoms with van der Waals surface area (Å²) in [5.41, 5.74) is -1.95. The predicted molar refractivity (Wildman–Crippen MR) is 209 cm³/mol. The molecule has 0 unspecified atom stereocenters. The quantitative estimate of drug-likeness (QED) is 0.219. The number of nitrogens with one attached hydrogen (secondary N) is 1. The number of thiophene rings is 1. The van der Waals surface area contributed by atoms with Gasteiger partial charge in [-0.25, -0.2) is 4.79 Å². The van der Waals surface area contributed by atoms with Crippen LogP contribution in [0.4, 0.5) is 4.79 Å². The summed E-state index contributed by atoms with van der Waals surface area (Å²) in [7, 11) is 3.73. The molecule has 3 fully saturated rings. The van der Waals surface area contributed by atoms with E-state index in [9.17, 15) is 24.3 Å². The molecule has 0 spiro atoms. The molecule has 2 aromatic rings. The minimum Gasteiger partial charge on any atom is -0.458 e. The molecule has 0 radical (unpaired) electrons. The van der Waals surface area contributed by atoms with Gasteiger partial charge in [-0.05, 0) is 85.3 Å². The number of rotatable bonds is 7. The molecule has 56 heavy (non-hydrogen) atoms. The van der Waals surface area contributed by atoms with E-state index < -0.39 is 83.4 Å². The number of hydrogen-bond donors (Lipinski definition) is 2. The molecule has 13 nitrogen and oxygen atoms in total. The number of fused-ring (bicyclic) bond motifs is 1. The molecule has 0 aromatic carbocycles. The highest BCUT2D eigenvalue weighted by Crippen LogP contribution is 2.40. The Morgan fingerprint density at radius 2 is 1.77 bits per heavy atom. The molecule has 13 atom stereocenters. The van der Waals surface area contributed by atoms with Gasteiger partial charge >= 0.3 is 12.1 Å². The molecule has 0 bridgehead atoms. The van der Waals surface area contributed by atoms with Crippen LogP contribution in [0.15, 0.2) is 36.5 Å². The lowest BCUT2D eigenvalue weighted by molar-refractivity contribution is -0.296. The zero-order valence-corrected chi connectivity index (χ0v) is 34.9. The third kappa shape index (κ3) is 9.19. The molecule has 14 heteroatoms. The fraction of sp³-hybridized carbons (Fsp3) is 0.643. The highest BCUT2D eigenvalue weighted by molar-refractivity contribution is 7.16. The number of alkyl carbamates (subject to hydrolysis) is 1. The van der Waals surface area contributed by atoms with E-state index in [1.165, 1.54) is 18.3 Å². The largest absolute Gasteiger partial charge is 0.458 e. The second-order valence-electron chi connectivity index (χ2n) is 16.1. The van der Waals surface area contributed by atoms with Crippen molar-refractivity contribution in [1.82, 2.24) is 15.2 Å². The van der Waals surface area contributed by atoms with Crippen LogP contribution < -0.4 is 5.32 Å². The van der Waals surface area contributed by atoms with Crippen LogP contribution in [-0.2, 0) is 38.1 Å². The van der Waals surface area contributed by atoms with E-state index in [2.05, 4.69) is 22.1 Å². The zero-order valence-electron chi connectivity index (χ0n) is 34.1. The van der Waals surface area contributed by atoms with Crippen LogP contribution in [0.2, 0.25) is 0 Å². The van der Waals surface area contributed by atoms with Crippen molar-refractivity contribution in [2.75, 3.05) is 20.7 Å². The Balaban J connectivity index is 1.55. The van der Waals surface area contributed by atoms with Crippen LogP contribution in [0.3, 0.4) is 0 Å². The number of hydrogen-bond acceptors (Lipinski definition) is 13. The highest BCUT2D eigenvalue weighted by Gasteiger charge is 2.57. The summed E-state index contributed by atoms with van der Waals surface area (Å²) in [4.78, 5) is 63.5. The number of aliphatic hydroxyl groups excluding tert-OH is 1. The van der Waals surface area contributed by atoms with Crippen molar-refractivity contribution in [2.24, 2.45) is 23.7 Å². The summed E-state index contributed by atoms with van der Waals surface area (Å²) in [6.45, 7) is 13.6. The number of carbonyl (C=O) groups excluding carboxylic acids is 4. The summed E-state index contributed by atoms with van der Waals surface area (Å²) in [5, 5.41) is 14.4. The molecule has 0 aliphatic carbocycles. The third-order valence-electron chi connectivity index (χ3n) is 11.7. The van der Waals surface area contributed by atoms with Gasteiger partial charge < -0.3 is 39.0 Å². The summed E-state index contributed by atoms with van der Waals surface area (Å²) in [6, 6.07) is 8.42. The van der Waals surface area contributed by atoms with Gasteiger partial charge in [-0.15, -0.1) is 11.3 Å². The molecule has 5 heterocycles. The number of aliphatic hydroxyl groups is 1. The van der Waals surface area contributed by atoms with Gasteiger partial charge in [-0.2, -0.15) is 0 Å². The van der Waals surface area contributed by atoms with E-state index in [-0.39, 0.29) is 37.4 Å². The molecule has 0 saturated carbocycles. The predicted octanol–water partition coefficient (Wildman–Crippen LogP) is 5.02. The number of Topliss-reactive ketones (excluding diaryl/α,β-unsaturated/α-hetero) is 2. The summed E-state index contributed by atoms with van der Waals surface area (Å²) in [5.74, 6) is 1.04. The molecule has 3 saturated heterocycles. The molecule has 3 aliphatic rings. The third-order valence-corrected chi connectivity index (χ3v) is 12.7. The first-order valence-electron chi connectivity index (χ1n) is 19.5. The number of amides is 1. The van der Waals surface area contributed by atoms with Crippen molar-refractivity contribution in [1.29, 1.82) is 0 Å². The number of pyridine rings is 1. The Bertz CT molecular complexity index is 1790. The van der Waals surface area contributed by atoms with E-state index in [1.807, 2.05) is 56.3 Å². The average Bonchev–Trinajstić information content (AvgIpc) is 3.77. The Morgan fingerprint density at radius 3 is 2.43 bits per heavy atom. The molecular weight excluding hydrogens is 739 g/mol. The number of nitrogens with zero attached hydrogens (tertiary/aromatic N) is 2. The highest BCUT2D eigenvalue weighted by atomic mass is 32.1. The topological polar surface area (TPSA) is 163 Å². The lowest BCUT2D eigenvalue weighted by Gasteiger charge is -2.47. The van der Waals surface area contributed by atoms with E-state index in [0.29, 0.717) is 6.42 Å². The van der Waals surface area contributed by atoms with Crippen molar-refractivity contribution >= 4 is 35.0 Å². The lowest BCUT2D eigenvalue weighted by Crippen LogP contribution is -2.60. The molecular formula is C42H57N3O10S. The fourth-order valence-electron chi connectivity index (χ4n) is 8.50. The van der Waals surface area contributed by atoms with E-state index in [1.54, 1.807) is 47.7 Å². The van der Waals surface area contributed by atoms with Gasteiger partial charge in [0.15, 0.2) is 17.7 Å². The van der Waals surface area contributed by atoms with E-state index in [4.69, 9.17) is 23.7 Å². The second kappa shape index (κ2) is 17.8. The van der Waals surface area contributed by atoms with Crippen LogP contribution in [0.1, 0.15) is 79.5 Å². The first-order valence-corrected chi connectivity index (χ1v) is 20.3. The summed E-state index contributed by atoms with van der Waals surface area (Å²) in [6.07, 6.45) is -2.75. The van der Waals surface area contributed by atoms with Crippen LogP contribution >= 0.6 is 11.3 Å². The number of cyclic esters (lactones) is 1. The minimum absolute atomic E-state index is 0.0622. The Morgan fingerprint density at radius 1 is 1.04 bits per heavy atom. The van der Waals surface area contributed by atoms with Gasteiger partial charge in [0.25, 0.3) is 0 Å². The molecule has 306 valence electrons. The number of ether oxygens (including phenoxy) is 5. The van der Waals surface area contributed by atoms with Crippen LogP contribution in [-0.4, -0.2) is 113 Å². The molecule has 5 rings (SSSR count). The van der Waals surface area contributed by atoms with E-state index in [0.717, 1.165) is 15.4 Å². The maximum Gasteiger partial charge on any atom is 0.408 e. The number of esters is 1. The first kappa shape index (κ1) is 43.4. The van der Waals surface area contributed by atoms with Gasteiger partial charge in [-0.1, -0.05) is 45.6 Å². The van der Waals surface area contributed by atoms with Crippen molar-refractivity contribution in [3.05, 3.63) is 41.4 Å². The van der Waals surface area contributed by atoms with Gasteiger partial charge in [0, 0.05) is 30.0 Å². The normalized spacial score (nSPS) is 37.1. The monoisotopic (exact) mass is 795 g/mol. The van der Waals surface area contributed by atoms with Gasteiger partial charge in [-0.3, -0.25) is 19.4 Å². The minimum atomic E-state index is -1.40. The van der Waals surface area contributed by atoms with Crippen molar-refractivity contribution in [2.45, 2.75) is 129 Å². The maximum atomic E-state index is 14.4. The van der Waals surface area contributed by atoms with Gasteiger partial charge in [0.2, 0.25) is 0 Å². The number of ketones is 2. The summed E-state index contributed by atoms with van der Waals surface area (Å²) < 4.78 is 31.3. The van der Waals surface area contributed by atoms with E-state index >= 15 is 0 Å². The molecule has 1 amide bonds. The number of likely N-dealkylation sites (N-methyl/N-ethyl adjacent to an activating group) is 1. The number of carbonyl (C=O) groups is 4. The lowest BCUT2D eigenvalue weighted by atomic mass is 9.73. The SMILES string of the molecule is CC[C@H]1OC(=O)[C@H](C)C(=O)[C@H](C)[C@@H](O[C@@H]2O[C@H](C)C[C@H](N(C)C)[C@H]2O)[C@](C)(OCC#Cc2ccc(-c3ccccn3)s2)C[C@@H](C)C(=O)[C@H](C)[C@H]2NC(=O)O[C@@]21C. The average molecular weight is 796 g/mol. The molecule has 2 N–H and O–H groups in total. The fourth-order valence-corrected chi connectivity index (χ4v) is 9.36. The Labute approximate surface area is 334 Å². The van der Waals surface area contributed by atoms with Crippen molar-refractivity contribution in [3.8, 4) is 22.4 Å². The maximum absolute atomic E-state index is 14.4. The van der Waals surface area contributed by atoms with Crippen LogP contribution in [0.5, 0.6) is 0 Å². The summed E-state index contributed by atoms with van der Waals surface area (Å²) >= 11 is 1.49. The zero-order chi connectivity index (χ0) is 41.1. The standard InChI is InChI=1S/C42H57N3O10S/c1-11-32-42(8)36(44-40(50)55-42)25(4)33(46)23(2)22-41(7,51-20-14-15-28-17-18-31(56-28)29-16-12-13-19-43-29)37(26(5)34(47)27(6)38(49)53-32)54-39-35(48)30(45(9)10)21-24(3)52-39/h12-13,16-19,23-27,30,32,35-37,39,48H,11,20-22H2,1-10H3,(H,44,50)/t23-,24-,25+,26+,27-,30+,32-,35-,36-,37-,39+,41-,42-/m1/s1. The molecule has 2 aromatic heterocycles. The van der Waals surface area contributed by atoms with Crippen molar-refractivity contribution in [3.63, 3.8) is 0 Å². The molecule has 3 aliphatic heterocycles. The van der Waals surface area contributed by atoms with Gasteiger partial charge in [0.05, 0.1) is 39.3 Å². The smallest absolute Gasteiger partial charge is 0.408 e. The van der Waals surface area contributed by atoms with Crippen LogP contribution in [0.25, 0.3) is 10.6 Å². The van der Waals surface area contributed by atoms with Crippen LogP contribution in [0, 0.1) is 35.5 Å². The first-order chi connectivity index (χ1) is 26.4. The van der Waals surface area contributed by atoms with Gasteiger partial charge in [0.1, 0.15) is 30.5 Å². The Kier molecular flexibility index (Phi) is 13.8. The Hall–Kier alpha value is -3.71.